The van der Waals surface area contributed by atoms with E-state index in [9.17, 15) is 32.5 Å². The van der Waals surface area contributed by atoms with Crippen LogP contribution in [0.2, 0.25) is 10.0 Å². The highest BCUT2D eigenvalue weighted by atomic mass is 35.5. The predicted octanol–water partition coefficient (Wildman–Crippen LogP) is 7.56. The normalized spacial score (nSPS) is 16.6. The quantitative estimate of drug-likeness (QED) is 0.137. The van der Waals surface area contributed by atoms with Gasteiger partial charge in [0, 0.05) is 12.1 Å². The minimum absolute atomic E-state index is 0.0245. The van der Waals surface area contributed by atoms with Crippen molar-refractivity contribution >= 4 is 56.1 Å². The average Bonchev–Trinajstić information content (AvgIpc) is 3.38. The van der Waals surface area contributed by atoms with Gasteiger partial charge in [0.15, 0.2) is 5.69 Å². The lowest BCUT2D eigenvalue weighted by Gasteiger charge is -2.28. The molecule has 2 heterocycles. The molecule has 2 N–H and O–H groups in total. The molecular weight excluding hydrogens is 711 g/mol. The molecule has 0 saturated heterocycles. The summed E-state index contributed by atoms with van der Waals surface area (Å²) in [5.74, 6) is -0.533. The van der Waals surface area contributed by atoms with E-state index in [4.69, 9.17) is 23.2 Å². The molecule has 0 amide bonds. The van der Waals surface area contributed by atoms with Crippen molar-refractivity contribution in [2.24, 2.45) is 20.5 Å². The highest BCUT2D eigenvalue weighted by Gasteiger charge is 2.29. The van der Waals surface area contributed by atoms with E-state index in [2.05, 4.69) is 25.6 Å². The lowest BCUT2D eigenvalue weighted by Crippen LogP contribution is -2.43. The number of aromatic amines is 1. The molecule has 264 valence electrons. The molecule has 18 heteroatoms. The highest BCUT2D eigenvalue weighted by molar-refractivity contribution is 7.85. The first-order valence-electron chi connectivity index (χ1n) is 16.2. The fourth-order valence-corrected chi connectivity index (χ4v) is 7.38. The number of aromatic nitrogens is 4. The lowest BCUT2D eigenvalue weighted by molar-refractivity contribution is 0.272. The van der Waals surface area contributed by atoms with Crippen molar-refractivity contribution in [2.45, 2.75) is 88.1 Å². The molecule has 4 aromatic rings. The number of H-pyrrole nitrogens is 1. The topological polar surface area (TPSA) is 209 Å². The van der Waals surface area contributed by atoms with Crippen LogP contribution in [0, 0.1) is 6.92 Å². The minimum Gasteiger partial charge on any atom is -0.744 e. The van der Waals surface area contributed by atoms with E-state index >= 15 is 0 Å². The summed E-state index contributed by atoms with van der Waals surface area (Å²) < 4.78 is 37.4. The summed E-state index contributed by atoms with van der Waals surface area (Å²) in [4.78, 5) is 40.0. The lowest BCUT2D eigenvalue weighted by atomic mass is 9.94. The Morgan fingerprint density at radius 2 is 1.26 bits per heavy atom. The largest absolute Gasteiger partial charge is 0.744 e. The van der Waals surface area contributed by atoms with Crippen LogP contribution in [-0.2, 0) is 10.1 Å². The maximum absolute atomic E-state index is 13.7. The molecule has 2 aromatic heterocycles. The van der Waals surface area contributed by atoms with Gasteiger partial charge in [-0.3, -0.25) is 23.8 Å². The molecule has 2 aliphatic rings. The molecular formula is C32H33Cl2N8O7S-. The number of hydrogen-bond acceptors (Lipinski definition) is 11. The van der Waals surface area contributed by atoms with Crippen LogP contribution in [0.5, 0.6) is 5.88 Å². The van der Waals surface area contributed by atoms with Crippen LogP contribution in [0.3, 0.4) is 0 Å². The van der Waals surface area contributed by atoms with Crippen LogP contribution in [0.1, 0.15) is 82.0 Å². The minimum atomic E-state index is -4.66. The third kappa shape index (κ3) is 7.10. The van der Waals surface area contributed by atoms with Gasteiger partial charge in [-0.15, -0.1) is 20.5 Å². The van der Waals surface area contributed by atoms with Gasteiger partial charge >= 0.3 is 5.69 Å². The van der Waals surface area contributed by atoms with Gasteiger partial charge in [0.25, 0.3) is 11.1 Å². The van der Waals surface area contributed by atoms with Crippen LogP contribution in [0.25, 0.3) is 5.69 Å². The Morgan fingerprint density at radius 3 is 1.78 bits per heavy atom. The van der Waals surface area contributed by atoms with Gasteiger partial charge in [-0.2, -0.15) is 0 Å². The van der Waals surface area contributed by atoms with E-state index < -0.39 is 37.7 Å². The van der Waals surface area contributed by atoms with Crippen molar-refractivity contribution in [3.05, 3.63) is 83.3 Å². The number of nitrogens with one attached hydrogen (secondary N) is 1. The van der Waals surface area contributed by atoms with Gasteiger partial charge in [-0.1, -0.05) is 61.7 Å². The molecule has 15 nitrogen and oxygen atoms in total. The van der Waals surface area contributed by atoms with E-state index in [0.717, 1.165) is 55.3 Å². The first-order chi connectivity index (χ1) is 23.8. The SMILES string of the molecule is Cc1[nH]n(-c2ccc(S(=O)(=O)[O-])cc2)c(=O)c1N=Nc1cc(Cl)c(N=Nc2c(O)n(C3CCCCC3)c(=O)n(C3CCCCC3)c2=O)cc1Cl. The van der Waals surface area contributed by atoms with Gasteiger partial charge in [-0.25, -0.2) is 17.9 Å². The van der Waals surface area contributed by atoms with Crippen molar-refractivity contribution in [1.29, 1.82) is 0 Å². The Labute approximate surface area is 295 Å². The van der Waals surface area contributed by atoms with Crippen molar-refractivity contribution in [1.82, 2.24) is 18.9 Å². The van der Waals surface area contributed by atoms with Crippen LogP contribution in [0.15, 0.2) is 76.1 Å². The number of nitrogens with zero attached hydrogens (tertiary/aromatic N) is 7. The Balaban J connectivity index is 1.31. The molecule has 2 fully saturated rings. The zero-order valence-electron chi connectivity index (χ0n) is 26.9. The zero-order valence-corrected chi connectivity index (χ0v) is 29.2. The maximum Gasteiger partial charge on any atom is 0.334 e. The zero-order chi connectivity index (χ0) is 35.7. The van der Waals surface area contributed by atoms with Crippen molar-refractivity contribution in [3.8, 4) is 11.6 Å². The monoisotopic (exact) mass is 743 g/mol. The summed E-state index contributed by atoms with van der Waals surface area (Å²) in [6.07, 6.45) is 8.39. The fourth-order valence-electron chi connectivity index (χ4n) is 6.52. The van der Waals surface area contributed by atoms with Crippen LogP contribution in [0.4, 0.5) is 22.7 Å². The molecule has 50 heavy (non-hydrogen) atoms. The summed E-state index contributed by atoms with van der Waals surface area (Å²) in [6, 6.07) is 6.88. The third-order valence-corrected chi connectivity index (χ3v) is 10.6. The number of aromatic hydroxyl groups is 1. The van der Waals surface area contributed by atoms with Gasteiger partial charge < -0.3 is 9.66 Å². The average molecular weight is 745 g/mol. The molecule has 0 aliphatic heterocycles. The van der Waals surface area contributed by atoms with Crippen molar-refractivity contribution in [2.75, 3.05) is 0 Å². The van der Waals surface area contributed by atoms with E-state index in [1.807, 2.05) is 0 Å². The molecule has 0 radical (unpaired) electrons. The molecule has 0 spiro atoms. The van der Waals surface area contributed by atoms with E-state index in [1.165, 1.54) is 33.4 Å². The van der Waals surface area contributed by atoms with Gasteiger partial charge in [-0.05, 0) is 69.0 Å². The number of benzene rings is 2. The van der Waals surface area contributed by atoms with Gasteiger partial charge in [0.2, 0.25) is 11.6 Å². The Bertz CT molecular complexity index is 2280. The van der Waals surface area contributed by atoms with Crippen molar-refractivity contribution in [3.63, 3.8) is 0 Å². The van der Waals surface area contributed by atoms with E-state index in [-0.39, 0.29) is 50.6 Å². The number of aryl methyl sites for hydroxylation is 1. The molecule has 0 atom stereocenters. The predicted molar refractivity (Wildman–Crippen MR) is 185 cm³/mol. The third-order valence-electron chi connectivity index (χ3n) is 9.11. The second-order valence-electron chi connectivity index (χ2n) is 12.4. The van der Waals surface area contributed by atoms with Crippen molar-refractivity contribution < 1.29 is 18.1 Å². The summed E-state index contributed by atoms with van der Waals surface area (Å²) in [5.41, 5.74) is -1.56. The Hall–Kier alpha value is -4.38. The molecule has 2 saturated carbocycles. The molecule has 2 aromatic carbocycles. The second kappa shape index (κ2) is 14.5. The first kappa shape index (κ1) is 35.4. The summed E-state index contributed by atoms with van der Waals surface area (Å²) in [5, 5.41) is 30.5. The maximum atomic E-state index is 13.7. The second-order valence-corrected chi connectivity index (χ2v) is 14.6. The Kier molecular flexibility index (Phi) is 10.3. The Morgan fingerprint density at radius 1 is 0.760 bits per heavy atom. The summed E-state index contributed by atoms with van der Waals surface area (Å²) >= 11 is 13.0. The molecule has 2 aliphatic carbocycles. The van der Waals surface area contributed by atoms with E-state index in [1.54, 1.807) is 6.92 Å². The van der Waals surface area contributed by atoms with E-state index in [0.29, 0.717) is 31.4 Å². The smallest absolute Gasteiger partial charge is 0.334 e. The number of rotatable bonds is 8. The first-order valence-corrected chi connectivity index (χ1v) is 18.3. The number of hydrogen-bond donors (Lipinski definition) is 2. The van der Waals surface area contributed by atoms with Gasteiger partial charge in [0.05, 0.1) is 26.3 Å². The summed E-state index contributed by atoms with van der Waals surface area (Å²) in [7, 11) is -4.66. The molecule has 0 unspecified atom stereocenters. The standard InChI is InChI=1S/C32H34Cl2N8O7S/c1-18-27(31(45)42(39-18)21-12-14-22(15-13-21)50(47,48)49)37-35-25-16-24(34)26(17-23(25)33)36-38-28-29(43)40(19-8-4-2-5-9-19)32(46)41(30(28)44)20-10-6-3-7-11-20/h12-17,19-20,39,43H,2-11H2,1H3,(H,47,48,49)/p-1. The summed E-state index contributed by atoms with van der Waals surface area (Å²) in [6.45, 7) is 1.58. The fraction of sp³-hybridized carbons (Fsp3) is 0.406. The van der Waals surface area contributed by atoms with Gasteiger partial charge in [0.1, 0.15) is 21.5 Å². The van der Waals surface area contributed by atoms with Crippen LogP contribution < -0.4 is 16.8 Å². The molecule has 6 rings (SSSR count). The number of halogens is 2. The van der Waals surface area contributed by atoms with Crippen LogP contribution in [-0.4, -0.2) is 37.0 Å². The molecule has 0 bridgehead atoms. The highest BCUT2D eigenvalue weighted by Crippen LogP contribution is 2.39. The number of azo groups is 2. The van der Waals surface area contributed by atoms with Crippen LogP contribution >= 0.6 is 23.2 Å².